The molecule has 2 heterocycles. The van der Waals surface area contributed by atoms with Crippen molar-refractivity contribution in [3.8, 4) is 0 Å². The van der Waals surface area contributed by atoms with E-state index >= 15 is 0 Å². The highest BCUT2D eigenvalue weighted by Gasteiger charge is 2.24. The smallest absolute Gasteiger partial charge is 0.317 e. The van der Waals surface area contributed by atoms with Crippen molar-refractivity contribution in [2.24, 2.45) is 0 Å². The van der Waals surface area contributed by atoms with Gasteiger partial charge in [0.05, 0.1) is 0 Å². The fourth-order valence-corrected chi connectivity index (χ4v) is 4.67. The Kier molecular flexibility index (Phi) is 6.94. The van der Waals surface area contributed by atoms with Crippen molar-refractivity contribution >= 4 is 23.0 Å². The van der Waals surface area contributed by atoms with Crippen LogP contribution in [-0.2, 0) is 6.42 Å². The summed E-state index contributed by atoms with van der Waals surface area (Å²) < 4.78 is 13.3. The summed E-state index contributed by atoms with van der Waals surface area (Å²) in [7, 11) is 0. The van der Waals surface area contributed by atoms with E-state index in [1.54, 1.807) is 6.07 Å². The number of rotatable bonds is 5. The second kappa shape index (κ2) is 10.0. The van der Waals surface area contributed by atoms with Crippen LogP contribution in [0.2, 0.25) is 0 Å². The van der Waals surface area contributed by atoms with Crippen LogP contribution in [0, 0.1) is 5.82 Å². The first-order chi connectivity index (χ1) is 15.1. The molecule has 0 radical (unpaired) electrons. The highest BCUT2D eigenvalue weighted by atomic mass is 19.1. The maximum absolute atomic E-state index is 13.3. The van der Waals surface area contributed by atoms with Crippen molar-refractivity contribution < 1.29 is 14.0 Å². The Balaban J connectivity index is 1.15. The molecule has 0 bridgehead atoms. The van der Waals surface area contributed by atoms with Crippen LogP contribution in [-0.4, -0.2) is 53.7 Å². The van der Waals surface area contributed by atoms with Crippen molar-refractivity contribution in [3.63, 3.8) is 0 Å². The highest BCUT2D eigenvalue weighted by molar-refractivity contribution is 5.83. The molecule has 1 saturated heterocycles. The van der Waals surface area contributed by atoms with Gasteiger partial charge in [-0.25, -0.2) is 14.0 Å². The first-order valence-corrected chi connectivity index (χ1v) is 11.4. The molecule has 168 valence electrons. The minimum absolute atomic E-state index is 0.0732. The Hall–Kier alpha value is -2.77. The van der Waals surface area contributed by atoms with Crippen molar-refractivity contribution in [2.45, 2.75) is 63.5 Å². The molecule has 0 atom stereocenters. The molecule has 1 aromatic carbocycles. The summed E-state index contributed by atoms with van der Waals surface area (Å²) in [5.74, 6) is -0.265. The van der Waals surface area contributed by atoms with Crippen molar-refractivity contribution in [3.05, 3.63) is 35.8 Å². The van der Waals surface area contributed by atoms with Crippen LogP contribution in [0.4, 0.5) is 14.0 Å². The topological polar surface area (TPSA) is 89.3 Å². The number of H-pyrrole nitrogens is 1. The van der Waals surface area contributed by atoms with E-state index in [9.17, 15) is 14.0 Å². The molecule has 1 saturated carbocycles. The van der Waals surface area contributed by atoms with Crippen LogP contribution in [0.25, 0.3) is 10.9 Å². The van der Waals surface area contributed by atoms with Gasteiger partial charge in [-0.3, -0.25) is 0 Å². The summed E-state index contributed by atoms with van der Waals surface area (Å²) >= 11 is 0. The number of likely N-dealkylation sites (tertiary alicyclic amines) is 1. The molecule has 1 aliphatic carbocycles. The Morgan fingerprint density at radius 3 is 2.48 bits per heavy atom. The maximum atomic E-state index is 13.3. The molecule has 4 amide bonds. The Morgan fingerprint density at radius 2 is 1.74 bits per heavy atom. The van der Waals surface area contributed by atoms with Crippen molar-refractivity contribution in [1.82, 2.24) is 25.8 Å². The van der Waals surface area contributed by atoms with Gasteiger partial charge < -0.3 is 25.8 Å². The predicted octanol–water partition coefficient (Wildman–Crippen LogP) is 3.66. The number of carbonyl (C=O) groups excluding carboxylic acids is 2. The number of hydrogen-bond donors (Lipinski definition) is 4. The lowest BCUT2D eigenvalue weighted by Crippen LogP contribution is -2.52. The van der Waals surface area contributed by atoms with Crippen LogP contribution in [0.1, 0.15) is 50.5 Å². The fraction of sp³-hybridized carbons (Fsp3) is 0.565. The third-order valence-corrected chi connectivity index (χ3v) is 6.46. The van der Waals surface area contributed by atoms with Crippen LogP contribution in [0.3, 0.4) is 0 Å². The molecule has 0 spiro atoms. The molecular weight excluding hydrogens is 397 g/mol. The van der Waals surface area contributed by atoms with Crippen molar-refractivity contribution in [1.29, 1.82) is 0 Å². The average Bonchev–Trinajstić information content (AvgIpc) is 3.16. The standard InChI is InChI=1S/C23H32FN5O2/c24-17-6-7-20-16(15-26-21(20)14-17)8-11-25-23(31)29-12-9-19(10-13-29)28-22(30)27-18-4-2-1-3-5-18/h6-7,14-15,18-19,26H,1-5,8-13H2,(H,25,31)(H2,27,28,30). The molecule has 4 N–H and O–H groups in total. The molecule has 2 aliphatic rings. The molecule has 2 fully saturated rings. The number of halogens is 1. The second-order valence-electron chi connectivity index (χ2n) is 8.70. The number of nitrogens with one attached hydrogen (secondary N) is 4. The van der Waals surface area contributed by atoms with Crippen LogP contribution >= 0.6 is 0 Å². The van der Waals surface area contributed by atoms with Gasteiger partial charge in [-0.2, -0.15) is 0 Å². The van der Waals surface area contributed by atoms with Crippen LogP contribution in [0.5, 0.6) is 0 Å². The number of aromatic nitrogens is 1. The zero-order valence-electron chi connectivity index (χ0n) is 17.9. The Morgan fingerprint density at radius 1 is 1.03 bits per heavy atom. The lowest BCUT2D eigenvalue weighted by Gasteiger charge is -2.33. The van der Waals surface area contributed by atoms with E-state index in [0.717, 1.165) is 42.1 Å². The number of piperidine rings is 1. The number of aromatic amines is 1. The van der Waals surface area contributed by atoms with Gasteiger partial charge in [0.15, 0.2) is 0 Å². The second-order valence-corrected chi connectivity index (χ2v) is 8.70. The van der Waals surface area contributed by atoms with Gasteiger partial charge in [0, 0.05) is 48.8 Å². The van der Waals surface area contributed by atoms with E-state index in [2.05, 4.69) is 20.9 Å². The average molecular weight is 430 g/mol. The Bertz CT molecular complexity index is 901. The Labute approximate surface area is 182 Å². The normalized spacial score (nSPS) is 18.2. The third kappa shape index (κ3) is 5.68. The molecule has 4 rings (SSSR count). The molecule has 0 unspecified atom stereocenters. The molecule has 2 aromatic rings. The molecular formula is C23H32FN5O2. The summed E-state index contributed by atoms with van der Waals surface area (Å²) in [4.78, 5) is 29.6. The number of benzene rings is 1. The number of carbonyl (C=O) groups is 2. The summed E-state index contributed by atoms with van der Waals surface area (Å²) in [5.41, 5.74) is 1.82. The summed E-state index contributed by atoms with van der Waals surface area (Å²) in [6, 6.07) is 4.96. The summed E-state index contributed by atoms with van der Waals surface area (Å²) in [6.07, 6.45) is 9.86. The number of hydrogen-bond acceptors (Lipinski definition) is 2. The lowest BCUT2D eigenvalue weighted by molar-refractivity contribution is 0.175. The maximum Gasteiger partial charge on any atom is 0.317 e. The van der Waals surface area contributed by atoms with E-state index < -0.39 is 0 Å². The van der Waals surface area contributed by atoms with E-state index in [1.807, 2.05) is 11.1 Å². The number of nitrogens with zero attached hydrogens (tertiary/aromatic N) is 1. The molecule has 1 aliphatic heterocycles. The molecule has 8 heteroatoms. The number of urea groups is 2. The molecule has 7 nitrogen and oxygen atoms in total. The van der Waals surface area contributed by atoms with Gasteiger partial charge >= 0.3 is 12.1 Å². The van der Waals surface area contributed by atoms with Gasteiger partial charge in [0.1, 0.15) is 5.82 Å². The molecule has 1 aromatic heterocycles. The zero-order chi connectivity index (χ0) is 21.6. The number of fused-ring (bicyclic) bond motifs is 1. The summed E-state index contributed by atoms with van der Waals surface area (Å²) in [5, 5.41) is 10.1. The largest absolute Gasteiger partial charge is 0.361 e. The zero-order valence-corrected chi connectivity index (χ0v) is 17.9. The highest BCUT2D eigenvalue weighted by Crippen LogP contribution is 2.20. The minimum Gasteiger partial charge on any atom is -0.361 e. The predicted molar refractivity (Wildman–Crippen MR) is 118 cm³/mol. The summed E-state index contributed by atoms with van der Waals surface area (Å²) in [6.45, 7) is 1.78. The van der Waals surface area contributed by atoms with Crippen LogP contribution < -0.4 is 16.0 Å². The minimum atomic E-state index is -0.265. The van der Waals surface area contributed by atoms with Gasteiger partial charge in [0.25, 0.3) is 0 Å². The van der Waals surface area contributed by atoms with E-state index in [-0.39, 0.29) is 23.9 Å². The van der Waals surface area contributed by atoms with Gasteiger partial charge in [-0.1, -0.05) is 19.3 Å². The molecule has 31 heavy (non-hydrogen) atoms. The van der Waals surface area contributed by atoms with E-state index in [1.165, 1.54) is 31.4 Å². The first-order valence-electron chi connectivity index (χ1n) is 11.4. The van der Waals surface area contributed by atoms with Gasteiger partial charge in [0.2, 0.25) is 0 Å². The first kappa shape index (κ1) is 21.5. The van der Waals surface area contributed by atoms with Gasteiger partial charge in [-0.15, -0.1) is 0 Å². The van der Waals surface area contributed by atoms with E-state index in [4.69, 9.17) is 0 Å². The quantitative estimate of drug-likeness (QED) is 0.584. The monoisotopic (exact) mass is 429 g/mol. The third-order valence-electron chi connectivity index (χ3n) is 6.46. The lowest BCUT2D eigenvalue weighted by atomic mass is 9.96. The SMILES string of the molecule is O=C(NC1CCCCC1)NC1CCN(C(=O)NCCc2c[nH]c3cc(F)ccc23)CC1. The number of amides is 4. The van der Waals surface area contributed by atoms with Gasteiger partial charge in [-0.05, 0) is 55.9 Å². The fourth-order valence-electron chi connectivity index (χ4n) is 4.67. The van der Waals surface area contributed by atoms with E-state index in [0.29, 0.717) is 32.1 Å². The van der Waals surface area contributed by atoms with Crippen molar-refractivity contribution in [2.75, 3.05) is 19.6 Å². The van der Waals surface area contributed by atoms with Crippen LogP contribution in [0.15, 0.2) is 24.4 Å².